The zero-order valence-electron chi connectivity index (χ0n) is 17.2. The first-order valence-electron chi connectivity index (χ1n) is 10.1. The smallest absolute Gasteiger partial charge is 0.231 e. The van der Waals surface area contributed by atoms with Crippen molar-refractivity contribution in [3.05, 3.63) is 41.6 Å². The molecule has 0 saturated carbocycles. The first-order chi connectivity index (χ1) is 14.4. The van der Waals surface area contributed by atoms with Crippen molar-refractivity contribution >= 4 is 22.6 Å². The summed E-state index contributed by atoms with van der Waals surface area (Å²) >= 11 is 0. The Morgan fingerprint density at radius 1 is 1.33 bits per heavy atom. The minimum atomic E-state index is -0.317. The van der Waals surface area contributed by atoms with Crippen molar-refractivity contribution in [3.8, 4) is 17.0 Å². The van der Waals surface area contributed by atoms with E-state index in [2.05, 4.69) is 25.4 Å². The molecule has 3 aromatic rings. The van der Waals surface area contributed by atoms with Crippen LogP contribution in [0, 0.1) is 13.8 Å². The fourth-order valence-corrected chi connectivity index (χ4v) is 4.25. The van der Waals surface area contributed by atoms with Crippen LogP contribution in [0.2, 0.25) is 0 Å². The van der Waals surface area contributed by atoms with Gasteiger partial charge in [-0.25, -0.2) is 0 Å². The number of nitrogens with one attached hydrogen (secondary N) is 1. The molecule has 1 aliphatic heterocycles. The van der Waals surface area contributed by atoms with Gasteiger partial charge in [0, 0.05) is 29.7 Å². The molecule has 1 aromatic carbocycles. The molecule has 4 N–H and O–H groups in total. The summed E-state index contributed by atoms with van der Waals surface area (Å²) in [6, 6.07) is 7.68. The lowest BCUT2D eigenvalue weighted by Crippen LogP contribution is -2.45. The van der Waals surface area contributed by atoms with Gasteiger partial charge in [0.1, 0.15) is 17.0 Å². The molecule has 4 rings (SSSR count). The van der Waals surface area contributed by atoms with E-state index in [0.29, 0.717) is 29.1 Å². The molecule has 0 radical (unpaired) electrons. The van der Waals surface area contributed by atoms with Gasteiger partial charge >= 0.3 is 0 Å². The van der Waals surface area contributed by atoms with E-state index >= 15 is 0 Å². The molecule has 1 amide bonds. The number of pyridine rings is 1. The topological polar surface area (TPSA) is 117 Å². The van der Waals surface area contributed by atoms with Crippen molar-refractivity contribution in [2.24, 2.45) is 5.73 Å². The van der Waals surface area contributed by atoms with Gasteiger partial charge in [0.05, 0.1) is 6.54 Å². The monoisotopic (exact) mass is 406 g/mol. The van der Waals surface area contributed by atoms with Gasteiger partial charge < -0.3 is 16.2 Å². The first kappa shape index (κ1) is 20.0. The number of carbonyl (C=O) groups is 1. The van der Waals surface area contributed by atoms with E-state index in [1.165, 1.54) is 0 Å². The van der Waals surface area contributed by atoms with Crippen LogP contribution >= 0.6 is 0 Å². The summed E-state index contributed by atoms with van der Waals surface area (Å²) in [5.74, 6) is 0.503. The average Bonchev–Trinajstić information content (AvgIpc) is 2.68. The highest BCUT2D eigenvalue weighted by atomic mass is 16.3. The van der Waals surface area contributed by atoms with Gasteiger partial charge in [-0.05, 0) is 62.6 Å². The van der Waals surface area contributed by atoms with Crippen molar-refractivity contribution in [1.29, 1.82) is 0 Å². The number of likely N-dealkylation sites (tertiary alicyclic amines) is 1. The molecule has 0 spiro atoms. The number of phenolic OH excluding ortho intramolecular Hbond substituents is 1. The van der Waals surface area contributed by atoms with E-state index in [9.17, 15) is 9.90 Å². The molecule has 1 fully saturated rings. The number of anilines is 1. The van der Waals surface area contributed by atoms with Crippen LogP contribution in [0.1, 0.15) is 24.0 Å². The Labute approximate surface area is 175 Å². The van der Waals surface area contributed by atoms with Crippen LogP contribution in [-0.4, -0.2) is 56.8 Å². The highest BCUT2D eigenvalue weighted by molar-refractivity contribution is 5.98. The molecule has 1 aliphatic rings. The molecule has 3 heterocycles. The highest BCUT2D eigenvalue weighted by Crippen LogP contribution is 2.36. The fourth-order valence-electron chi connectivity index (χ4n) is 4.25. The number of piperidine rings is 1. The van der Waals surface area contributed by atoms with Gasteiger partial charge in [-0.2, -0.15) is 0 Å². The number of hydrogen-bond donors (Lipinski definition) is 3. The molecule has 0 bridgehead atoms. The number of hydrogen-bond acceptors (Lipinski definition) is 7. The minimum Gasteiger partial charge on any atom is -0.507 e. The number of phenols is 1. The molecule has 2 aromatic heterocycles. The Bertz CT molecular complexity index is 1080. The molecular weight excluding hydrogens is 380 g/mol. The van der Waals surface area contributed by atoms with Crippen LogP contribution in [-0.2, 0) is 4.79 Å². The Hall–Kier alpha value is -3.26. The SMILES string of the molecule is Cc1cc(C)c(-c2nnc(NC3CCCN(CC(N)=O)C3)c3cccnc23)c(O)c1. The number of aromatic nitrogens is 3. The molecule has 1 unspecified atom stereocenters. The van der Waals surface area contributed by atoms with Crippen LogP contribution < -0.4 is 11.1 Å². The van der Waals surface area contributed by atoms with Crippen LogP contribution in [0.5, 0.6) is 5.75 Å². The number of rotatable bonds is 5. The Balaban J connectivity index is 1.69. The lowest BCUT2D eigenvalue weighted by atomic mass is 9.99. The summed E-state index contributed by atoms with van der Waals surface area (Å²) in [5, 5.41) is 23.8. The summed E-state index contributed by atoms with van der Waals surface area (Å²) in [7, 11) is 0. The lowest BCUT2D eigenvalue weighted by molar-refractivity contribution is -0.119. The summed E-state index contributed by atoms with van der Waals surface area (Å²) in [4.78, 5) is 17.9. The highest BCUT2D eigenvalue weighted by Gasteiger charge is 2.23. The Morgan fingerprint density at radius 3 is 2.93 bits per heavy atom. The summed E-state index contributed by atoms with van der Waals surface area (Å²) in [6.07, 6.45) is 3.66. The van der Waals surface area contributed by atoms with Gasteiger partial charge in [0.2, 0.25) is 5.91 Å². The van der Waals surface area contributed by atoms with Crippen LogP contribution in [0.3, 0.4) is 0 Å². The van der Waals surface area contributed by atoms with E-state index in [1.54, 1.807) is 12.3 Å². The van der Waals surface area contributed by atoms with E-state index in [1.807, 2.05) is 32.0 Å². The number of nitrogens with two attached hydrogens (primary N) is 1. The molecule has 1 saturated heterocycles. The number of carbonyl (C=O) groups excluding carboxylic acids is 1. The average molecular weight is 406 g/mol. The minimum absolute atomic E-state index is 0.135. The standard InChI is InChI=1S/C22H26N6O2/c1-13-9-14(2)19(17(29)10-13)21-20-16(6-3-7-24-20)22(27-26-21)25-15-5-4-8-28(11-15)12-18(23)30/h3,6-7,9-10,15,29H,4-5,8,11-12H2,1-2H3,(H2,23,30)(H,25,27). The first-order valence-corrected chi connectivity index (χ1v) is 10.1. The quantitative estimate of drug-likeness (QED) is 0.595. The molecule has 0 aliphatic carbocycles. The number of fused-ring (bicyclic) bond motifs is 1. The predicted octanol–water partition coefficient (Wildman–Crippen LogP) is 2.38. The van der Waals surface area contributed by atoms with Crippen molar-refractivity contribution in [3.63, 3.8) is 0 Å². The largest absolute Gasteiger partial charge is 0.507 e. The van der Waals surface area contributed by atoms with Crippen molar-refractivity contribution in [2.45, 2.75) is 32.7 Å². The van der Waals surface area contributed by atoms with Crippen molar-refractivity contribution < 1.29 is 9.90 Å². The maximum Gasteiger partial charge on any atom is 0.231 e. The number of nitrogens with zero attached hydrogens (tertiary/aromatic N) is 4. The number of benzene rings is 1. The van der Waals surface area contributed by atoms with E-state index in [0.717, 1.165) is 35.9 Å². The fraction of sp³-hybridized carbons (Fsp3) is 0.364. The second-order valence-corrected chi connectivity index (χ2v) is 7.96. The van der Waals surface area contributed by atoms with Gasteiger partial charge in [-0.3, -0.25) is 14.7 Å². The molecular formula is C22H26N6O2. The number of amides is 1. The van der Waals surface area contributed by atoms with Gasteiger partial charge in [0.15, 0.2) is 5.82 Å². The van der Waals surface area contributed by atoms with Crippen LogP contribution in [0.4, 0.5) is 5.82 Å². The summed E-state index contributed by atoms with van der Waals surface area (Å²) in [5.41, 5.74) is 9.14. The van der Waals surface area contributed by atoms with Crippen LogP contribution in [0.15, 0.2) is 30.5 Å². The van der Waals surface area contributed by atoms with Gasteiger partial charge in [-0.1, -0.05) is 6.07 Å². The predicted molar refractivity (Wildman–Crippen MR) is 116 cm³/mol. The van der Waals surface area contributed by atoms with E-state index in [-0.39, 0.29) is 24.2 Å². The third kappa shape index (κ3) is 4.04. The zero-order valence-corrected chi connectivity index (χ0v) is 17.2. The summed E-state index contributed by atoms with van der Waals surface area (Å²) in [6.45, 7) is 5.72. The van der Waals surface area contributed by atoms with Gasteiger partial charge in [0.25, 0.3) is 0 Å². The van der Waals surface area contributed by atoms with Crippen molar-refractivity contribution in [2.75, 3.05) is 25.0 Å². The van der Waals surface area contributed by atoms with E-state index in [4.69, 9.17) is 5.73 Å². The maximum absolute atomic E-state index is 11.3. The van der Waals surface area contributed by atoms with Crippen molar-refractivity contribution in [1.82, 2.24) is 20.1 Å². The molecule has 8 nitrogen and oxygen atoms in total. The molecule has 8 heteroatoms. The number of primary amides is 1. The maximum atomic E-state index is 11.3. The lowest BCUT2D eigenvalue weighted by Gasteiger charge is -2.32. The molecule has 30 heavy (non-hydrogen) atoms. The number of aromatic hydroxyl groups is 1. The zero-order chi connectivity index (χ0) is 21.3. The molecule has 156 valence electrons. The Morgan fingerprint density at radius 2 is 2.17 bits per heavy atom. The Kier molecular flexibility index (Phi) is 5.50. The summed E-state index contributed by atoms with van der Waals surface area (Å²) < 4.78 is 0. The second kappa shape index (κ2) is 8.23. The normalized spacial score (nSPS) is 17.2. The van der Waals surface area contributed by atoms with E-state index < -0.39 is 0 Å². The number of aryl methyl sites for hydroxylation is 2. The molecule has 1 atom stereocenters. The van der Waals surface area contributed by atoms with Gasteiger partial charge in [-0.15, -0.1) is 10.2 Å². The second-order valence-electron chi connectivity index (χ2n) is 7.96. The van der Waals surface area contributed by atoms with Crippen LogP contribution in [0.25, 0.3) is 22.2 Å². The third-order valence-corrected chi connectivity index (χ3v) is 5.46. The third-order valence-electron chi connectivity index (χ3n) is 5.46.